The Bertz CT molecular complexity index is 851. The fourth-order valence-electron chi connectivity index (χ4n) is 3.40. The van der Waals surface area contributed by atoms with Gasteiger partial charge in [-0.05, 0) is 70.6 Å². The highest BCUT2D eigenvalue weighted by molar-refractivity contribution is 5.75. The van der Waals surface area contributed by atoms with Gasteiger partial charge in [0.2, 0.25) is 0 Å². The summed E-state index contributed by atoms with van der Waals surface area (Å²) in [5, 5.41) is 21.7. The second-order valence-electron chi connectivity index (χ2n) is 7.88. The van der Waals surface area contributed by atoms with Crippen LogP contribution in [-0.4, -0.2) is 20.2 Å². The van der Waals surface area contributed by atoms with Gasteiger partial charge in [0, 0.05) is 17.3 Å². The molecular weight excluding hydrogens is 360 g/mol. The first-order valence-corrected chi connectivity index (χ1v) is 10.6. The van der Waals surface area contributed by atoms with Gasteiger partial charge in [0.15, 0.2) is 0 Å². The van der Waals surface area contributed by atoms with Gasteiger partial charge >= 0.3 is 0 Å². The van der Waals surface area contributed by atoms with Crippen molar-refractivity contribution in [2.24, 2.45) is 0 Å². The van der Waals surface area contributed by atoms with E-state index in [4.69, 9.17) is 0 Å². The van der Waals surface area contributed by atoms with Crippen LogP contribution in [0.25, 0.3) is 11.3 Å². The Morgan fingerprint density at radius 2 is 1.90 bits per heavy atom. The Morgan fingerprint density at radius 1 is 1.10 bits per heavy atom. The van der Waals surface area contributed by atoms with Crippen molar-refractivity contribution in [1.82, 2.24) is 9.97 Å². The predicted molar refractivity (Wildman–Crippen MR) is 120 cm³/mol. The first-order chi connectivity index (χ1) is 13.9. The zero-order valence-corrected chi connectivity index (χ0v) is 18.2. The number of aromatic nitrogens is 2. The SMILES string of the molecule is CCCCCc1cc(O)c(C/C=C(\C)CCC=C(C)C)c(O)c1-c1ccncn1. The molecule has 0 fully saturated rings. The number of hydrogen-bond acceptors (Lipinski definition) is 4. The minimum atomic E-state index is 0.128. The number of allylic oxidation sites excluding steroid dienone is 4. The van der Waals surface area contributed by atoms with Gasteiger partial charge < -0.3 is 10.2 Å². The van der Waals surface area contributed by atoms with Crippen molar-refractivity contribution in [2.75, 3.05) is 0 Å². The lowest BCUT2D eigenvalue weighted by Crippen LogP contribution is -1.98. The normalized spacial score (nSPS) is 11.5. The summed E-state index contributed by atoms with van der Waals surface area (Å²) >= 11 is 0. The molecule has 29 heavy (non-hydrogen) atoms. The predicted octanol–water partition coefficient (Wildman–Crippen LogP) is 6.52. The number of benzene rings is 1. The molecule has 0 atom stereocenters. The lowest BCUT2D eigenvalue weighted by atomic mass is 9.93. The van der Waals surface area contributed by atoms with Crippen molar-refractivity contribution in [3.8, 4) is 22.8 Å². The molecule has 0 saturated carbocycles. The number of aryl methyl sites for hydroxylation is 1. The van der Waals surface area contributed by atoms with E-state index in [0.29, 0.717) is 23.2 Å². The summed E-state index contributed by atoms with van der Waals surface area (Å²) in [5.41, 5.74) is 5.46. The maximum atomic E-state index is 11.1. The van der Waals surface area contributed by atoms with Gasteiger partial charge in [0.25, 0.3) is 0 Å². The minimum Gasteiger partial charge on any atom is -0.508 e. The van der Waals surface area contributed by atoms with Crippen molar-refractivity contribution in [2.45, 2.75) is 72.6 Å². The maximum absolute atomic E-state index is 11.1. The molecule has 0 aliphatic heterocycles. The van der Waals surface area contributed by atoms with E-state index in [1.165, 1.54) is 17.5 Å². The van der Waals surface area contributed by atoms with E-state index in [2.05, 4.69) is 49.8 Å². The lowest BCUT2D eigenvalue weighted by Gasteiger charge is -2.16. The van der Waals surface area contributed by atoms with Gasteiger partial charge in [-0.2, -0.15) is 0 Å². The summed E-state index contributed by atoms with van der Waals surface area (Å²) in [6, 6.07) is 3.61. The molecule has 0 amide bonds. The summed E-state index contributed by atoms with van der Waals surface area (Å²) < 4.78 is 0. The smallest absolute Gasteiger partial charge is 0.132 e. The number of hydrogen-bond donors (Lipinski definition) is 2. The average Bonchev–Trinajstić information content (AvgIpc) is 2.68. The molecule has 156 valence electrons. The van der Waals surface area contributed by atoms with Gasteiger partial charge in [-0.3, -0.25) is 0 Å². The first-order valence-electron chi connectivity index (χ1n) is 10.6. The Kier molecular flexibility index (Phi) is 8.91. The van der Waals surface area contributed by atoms with Crippen LogP contribution < -0.4 is 0 Å². The van der Waals surface area contributed by atoms with Crippen molar-refractivity contribution in [3.63, 3.8) is 0 Å². The Hall–Kier alpha value is -2.62. The topological polar surface area (TPSA) is 66.2 Å². The average molecular weight is 395 g/mol. The summed E-state index contributed by atoms with van der Waals surface area (Å²) in [5.74, 6) is 0.281. The van der Waals surface area contributed by atoms with E-state index in [1.807, 2.05) is 0 Å². The molecule has 0 spiro atoms. The van der Waals surface area contributed by atoms with Gasteiger partial charge in [0.1, 0.15) is 17.8 Å². The summed E-state index contributed by atoms with van der Waals surface area (Å²) in [7, 11) is 0. The second-order valence-corrected chi connectivity index (χ2v) is 7.88. The third-order valence-corrected chi connectivity index (χ3v) is 5.10. The number of phenolic OH excluding ortho intramolecular Hbond substituents is 2. The zero-order valence-electron chi connectivity index (χ0n) is 18.2. The Morgan fingerprint density at radius 3 is 2.55 bits per heavy atom. The van der Waals surface area contributed by atoms with E-state index < -0.39 is 0 Å². The molecule has 0 radical (unpaired) electrons. The van der Waals surface area contributed by atoms with Crippen LogP contribution in [0, 0.1) is 0 Å². The van der Waals surface area contributed by atoms with Gasteiger partial charge in [-0.1, -0.05) is 43.1 Å². The van der Waals surface area contributed by atoms with Crippen LogP contribution in [0.1, 0.15) is 70.9 Å². The van der Waals surface area contributed by atoms with Gasteiger partial charge in [-0.25, -0.2) is 9.97 Å². The number of rotatable bonds is 10. The van der Waals surface area contributed by atoms with Crippen LogP contribution in [0.3, 0.4) is 0 Å². The Balaban J connectivity index is 2.34. The number of phenols is 2. The summed E-state index contributed by atoms with van der Waals surface area (Å²) in [6.45, 7) is 8.46. The van der Waals surface area contributed by atoms with Crippen LogP contribution in [0.4, 0.5) is 0 Å². The van der Waals surface area contributed by atoms with E-state index in [-0.39, 0.29) is 11.5 Å². The first kappa shape index (κ1) is 22.7. The molecule has 0 bridgehead atoms. The standard InChI is InChI=1S/C25H34N2O2/c1-5-6-7-11-20-16-23(28)21(13-12-19(4)10-8-9-18(2)3)25(29)24(20)22-14-15-26-17-27-22/h9,12,14-17,28-29H,5-8,10-11,13H2,1-4H3/b19-12+. The van der Waals surface area contributed by atoms with Crippen molar-refractivity contribution < 1.29 is 10.2 Å². The zero-order chi connectivity index (χ0) is 21.2. The molecule has 2 aromatic rings. The third kappa shape index (κ3) is 6.74. The van der Waals surface area contributed by atoms with Crippen LogP contribution in [-0.2, 0) is 12.8 Å². The fourth-order valence-corrected chi connectivity index (χ4v) is 3.40. The van der Waals surface area contributed by atoms with Crippen molar-refractivity contribution in [3.05, 3.63) is 59.1 Å². The van der Waals surface area contributed by atoms with E-state index >= 15 is 0 Å². The van der Waals surface area contributed by atoms with Crippen LogP contribution in [0.5, 0.6) is 11.5 Å². The minimum absolute atomic E-state index is 0.128. The molecule has 2 N–H and O–H groups in total. The molecule has 4 heteroatoms. The lowest BCUT2D eigenvalue weighted by molar-refractivity contribution is 0.440. The molecule has 1 aromatic carbocycles. The van der Waals surface area contributed by atoms with Crippen LogP contribution in [0.2, 0.25) is 0 Å². The quantitative estimate of drug-likeness (QED) is 0.355. The Labute approximate surface area is 175 Å². The summed E-state index contributed by atoms with van der Waals surface area (Å²) in [6.07, 6.45) is 14.0. The highest BCUT2D eigenvalue weighted by atomic mass is 16.3. The maximum Gasteiger partial charge on any atom is 0.132 e. The van der Waals surface area contributed by atoms with Crippen molar-refractivity contribution in [1.29, 1.82) is 0 Å². The molecule has 0 aliphatic rings. The van der Waals surface area contributed by atoms with Crippen LogP contribution in [0.15, 0.2) is 48.0 Å². The van der Waals surface area contributed by atoms with Crippen LogP contribution >= 0.6 is 0 Å². The van der Waals surface area contributed by atoms with E-state index in [0.717, 1.165) is 44.1 Å². The highest BCUT2D eigenvalue weighted by Gasteiger charge is 2.19. The molecule has 0 aliphatic carbocycles. The number of unbranched alkanes of at least 4 members (excludes halogenated alkanes) is 2. The largest absolute Gasteiger partial charge is 0.508 e. The number of nitrogens with zero attached hydrogens (tertiary/aromatic N) is 2. The van der Waals surface area contributed by atoms with E-state index in [1.54, 1.807) is 18.3 Å². The number of aromatic hydroxyl groups is 2. The molecule has 1 heterocycles. The molecule has 0 unspecified atom stereocenters. The monoisotopic (exact) mass is 394 g/mol. The van der Waals surface area contributed by atoms with Gasteiger partial charge in [0.05, 0.1) is 5.69 Å². The molecule has 4 nitrogen and oxygen atoms in total. The van der Waals surface area contributed by atoms with E-state index in [9.17, 15) is 10.2 Å². The molecule has 0 saturated heterocycles. The highest BCUT2D eigenvalue weighted by Crippen LogP contribution is 2.40. The third-order valence-electron chi connectivity index (χ3n) is 5.10. The second kappa shape index (κ2) is 11.4. The van der Waals surface area contributed by atoms with Gasteiger partial charge in [-0.15, -0.1) is 0 Å². The molecule has 2 rings (SSSR count). The molecule has 1 aromatic heterocycles. The summed E-state index contributed by atoms with van der Waals surface area (Å²) in [4.78, 5) is 8.34. The molecular formula is C25H34N2O2. The fraction of sp³-hybridized carbons (Fsp3) is 0.440. The van der Waals surface area contributed by atoms with Crippen molar-refractivity contribution >= 4 is 0 Å².